The normalized spacial score (nSPS) is 11.9. The van der Waals surface area contributed by atoms with Gasteiger partial charge >= 0.3 is 5.97 Å². The Bertz CT molecular complexity index is 337. The van der Waals surface area contributed by atoms with Gasteiger partial charge in [-0.05, 0) is 6.92 Å². The SMILES string of the molecule is COC(=O)c1nc(C(C)NC=O)cs1. The summed E-state index contributed by atoms with van der Waals surface area (Å²) >= 11 is 1.19. The molecular formula is C8H10N2O3S. The van der Waals surface area contributed by atoms with Crippen LogP contribution < -0.4 is 5.32 Å². The van der Waals surface area contributed by atoms with Crippen molar-refractivity contribution < 1.29 is 14.3 Å². The average Bonchev–Trinajstić information content (AvgIpc) is 2.66. The molecule has 5 nitrogen and oxygen atoms in total. The van der Waals surface area contributed by atoms with E-state index in [1.54, 1.807) is 12.3 Å². The van der Waals surface area contributed by atoms with Gasteiger partial charge in [-0.3, -0.25) is 4.79 Å². The van der Waals surface area contributed by atoms with Gasteiger partial charge in [0.1, 0.15) is 0 Å². The molecule has 0 saturated heterocycles. The minimum absolute atomic E-state index is 0.192. The number of thiazole rings is 1. The van der Waals surface area contributed by atoms with Crippen molar-refractivity contribution in [3.63, 3.8) is 0 Å². The Kier molecular flexibility index (Phi) is 3.58. The van der Waals surface area contributed by atoms with Crippen LogP contribution in [0.3, 0.4) is 0 Å². The van der Waals surface area contributed by atoms with Crippen molar-refractivity contribution in [2.45, 2.75) is 13.0 Å². The number of aromatic nitrogens is 1. The molecule has 1 unspecified atom stereocenters. The van der Waals surface area contributed by atoms with Crippen molar-refractivity contribution in [1.29, 1.82) is 0 Å². The summed E-state index contributed by atoms with van der Waals surface area (Å²) in [4.78, 5) is 25.2. The largest absolute Gasteiger partial charge is 0.464 e. The van der Waals surface area contributed by atoms with Crippen LogP contribution in [0.4, 0.5) is 0 Å². The van der Waals surface area contributed by atoms with E-state index in [4.69, 9.17) is 0 Å². The molecule has 1 N–H and O–H groups in total. The van der Waals surface area contributed by atoms with Crippen LogP contribution in [0.2, 0.25) is 0 Å². The van der Waals surface area contributed by atoms with Crippen LogP contribution in [-0.2, 0) is 9.53 Å². The number of methoxy groups -OCH3 is 1. The number of carbonyl (C=O) groups excluding carboxylic acids is 2. The Balaban J connectivity index is 2.76. The lowest BCUT2D eigenvalue weighted by atomic mass is 10.3. The van der Waals surface area contributed by atoms with E-state index in [1.807, 2.05) is 0 Å². The summed E-state index contributed by atoms with van der Waals surface area (Å²) in [6, 6.07) is -0.192. The molecule has 0 radical (unpaired) electrons. The minimum atomic E-state index is -0.459. The number of hydrogen-bond donors (Lipinski definition) is 1. The number of nitrogens with zero attached hydrogens (tertiary/aromatic N) is 1. The maximum absolute atomic E-state index is 11.0. The molecule has 0 saturated carbocycles. The molecule has 6 heteroatoms. The number of amides is 1. The number of carbonyl (C=O) groups is 2. The van der Waals surface area contributed by atoms with E-state index in [9.17, 15) is 9.59 Å². The van der Waals surface area contributed by atoms with Gasteiger partial charge in [0.25, 0.3) is 0 Å². The first-order chi connectivity index (χ1) is 6.69. The maximum Gasteiger partial charge on any atom is 0.367 e. The molecule has 76 valence electrons. The van der Waals surface area contributed by atoms with Gasteiger partial charge in [-0.15, -0.1) is 11.3 Å². The topological polar surface area (TPSA) is 68.3 Å². The Morgan fingerprint density at radius 2 is 2.50 bits per heavy atom. The van der Waals surface area contributed by atoms with Gasteiger partial charge in [0, 0.05) is 5.38 Å². The van der Waals surface area contributed by atoms with Crippen LogP contribution in [0.15, 0.2) is 5.38 Å². The summed E-state index contributed by atoms with van der Waals surface area (Å²) in [5, 5.41) is 4.55. The van der Waals surface area contributed by atoms with Crippen LogP contribution in [0.5, 0.6) is 0 Å². The second-order valence-corrected chi connectivity index (χ2v) is 3.43. The lowest BCUT2D eigenvalue weighted by Crippen LogP contribution is -2.16. The summed E-state index contributed by atoms with van der Waals surface area (Å²) in [6.45, 7) is 1.78. The summed E-state index contributed by atoms with van der Waals surface area (Å²) in [6.07, 6.45) is 0.599. The maximum atomic E-state index is 11.0. The van der Waals surface area contributed by atoms with Gasteiger partial charge in [0.05, 0.1) is 18.8 Å². The Morgan fingerprint density at radius 3 is 3.07 bits per heavy atom. The highest BCUT2D eigenvalue weighted by Gasteiger charge is 2.14. The minimum Gasteiger partial charge on any atom is -0.464 e. The molecule has 1 amide bonds. The van der Waals surface area contributed by atoms with E-state index >= 15 is 0 Å². The van der Waals surface area contributed by atoms with Crippen LogP contribution in [-0.4, -0.2) is 24.5 Å². The number of nitrogens with one attached hydrogen (secondary N) is 1. The molecule has 1 aromatic heterocycles. The number of rotatable bonds is 4. The van der Waals surface area contributed by atoms with Gasteiger partial charge < -0.3 is 10.1 Å². The molecule has 0 aliphatic carbocycles. The zero-order valence-corrected chi connectivity index (χ0v) is 8.63. The smallest absolute Gasteiger partial charge is 0.367 e. The fraction of sp³-hybridized carbons (Fsp3) is 0.375. The monoisotopic (exact) mass is 214 g/mol. The van der Waals surface area contributed by atoms with E-state index in [0.717, 1.165) is 0 Å². The molecule has 1 heterocycles. The standard InChI is InChI=1S/C8H10N2O3S/c1-5(9-4-11)6-3-14-7(10-6)8(12)13-2/h3-5H,1-2H3,(H,9,11). The fourth-order valence-electron chi connectivity index (χ4n) is 0.854. The van der Waals surface area contributed by atoms with E-state index < -0.39 is 5.97 Å². The molecular weight excluding hydrogens is 204 g/mol. The second kappa shape index (κ2) is 4.71. The second-order valence-electron chi connectivity index (χ2n) is 2.58. The molecule has 0 bridgehead atoms. The third-order valence-corrected chi connectivity index (χ3v) is 2.48. The molecule has 0 aromatic carbocycles. The van der Waals surface area contributed by atoms with Crippen LogP contribution in [0, 0.1) is 0 Å². The Labute approximate surface area is 85.1 Å². The van der Waals surface area contributed by atoms with Gasteiger partial charge in [0.15, 0.2) is 0 Å². The van der Waals surface area contributed by atoms with Crippen molar-refractivity contribution in [2.24, 2.45) is 0 Å². The average molecular weight is 214 g/mol. The quantitative estimate of drug-likeness (QED) is 0.592. The summed E-state index contributed by atoms with van der Waals surface area (Å²) in [7, 11) is 1.30. The number of ether oxygens (including phenoxy) is 1. The van der Waals surface area contributed by atoms with Crippen LogP contribution in [0.25, 0.3) is 0 Å². The van der Waals surface area contributed by atoms with Crippen LogP contribution in [0.1, 0.15) is 28.5 Å². The van der Waals surface area contributed by atoms with E-state index in [1.165, 1.54) is 18.4 Å². The van der Waals surface area contributed by atoms with Gasteiger partial charge in [0.2, 0.25) is 11.4 Å². The molecule has 0 aliphatic rings. The lowest BCUT2D eigenvalue weighted by molar-refractivity contribution is -0.110. The highest BCUT2D eigenvalue weighted by atomic mass is 32.1. The predicted molar refractivity (Wildman–Crippen MR) is 51.1 cm³/mol. The molecule has 0 fully saturated rings. The zero-order valence-electron chi connectivity index (χ0n) is 7.81. The summed E-state index contributed by atoms with van der Waals surface area (Å²) in [5.74, 6) is -0.459. The predicted octanol–water partition coefficient (Wildman–Crippen LogP) is 0.737. The van der Waals surface area contributed by atoms with Crippen molar-refractivity contribution >= 4 is 23.7 Å². The zero-order chi connectivity index (χ0) is 10.6. The molecule has 0 spiro atoms. The molecule has 1 atom stereocenters. The van der Waals surface area contributed by atoms with Crippen LogP contribution >= 0.6 is 11.3 Å². The lowest BCUT2D eigenvalue weighted by Gasteiger charge is -2.04. The first-order valence-corrected chi connectivity index (χ1v) is 4.80. The Hall–Kier alpha value is -1.43. The highest BCUT2D eigenvalue weighted by molar-refractivity contribution is 7.11. The molecule has 1 aromatic rings. The highest BCUT2D eigenvalue weighted by Crippen LogP contribution is 2.16. The van der Waals surface area contributed by atoms with Gasteiger partial charge in [-0.25, -0.2) is 9.78 Å². The number of hydrogen-bond acceptors (Lipinski definition) is 5. The van der Waals surface area contributed by atoms with E-state index in [0.29, 0.717) is 17.1 Å². The third kappa shape index (κ3) is 2.29. The van der Waals surface area contributed by atoms with Crippen molar-refractivity contribution in [2.75, 3.05) is 7.11 Å². The van der Waals surface area contributed by atoms with Gasteiger partial charge in [-0.1, -0.05) is 0 Å². The first kappa shape index (κ1) is 10.6. The van der Waals surface area contributed by atoms with E-state index in [2.05, 4.69) is 15.0 Å². The Morgan fingerprint density at radius 1 is 1.79 bits per heavy atom. The number of esters is 1. The van der Waals surface area contributed by atoms with Gasteiger partial charge in [-0.2, -0.15) is 0 Å². The first-order valence-electron chi connectivity index (χ1n) is 3.92. The third-order valence-electron chi connectivity index (χ3n) is 1.64. The van der Waals surface area contributed by atoms with Crippen molar-refractivity contribution in [3.05, 3.63) is 16.1 Å². The fourth-order valence-corrected chi connectivity index (χ4v) is 1.68. The van der Waals surface area contributed by atoms with Crippen molar-refractivity contribution in [3.8, 4) is 0 Å². The van der Waals surface area contributed by atoms with Crippen molar-refractivity contribution in [1.82, 2.24) is 10.3 Å². The summed E-state index contributed by atoms with van der Waals surface area (Å²) in [5.41, 5.74) is 0.655. The van der Waals surface area contributed by atoms with E-state index in [-0.39, 0.29) is 6.04 Å². The molecule has 1 rings (SSSR count). The molecule has 0 aliphatic heterocycles. The molecule has 14 heavy (non-hydrogen) atoms. The summed E-state index contributed by atoms with van der Waals surface area (Å²) < 4.78 is 4.51.